The lowest BCUT2D eigenvalue weighted by molar-refractivity contribution is -0.149. The molecule has 1 unspecified atom stereocenters. The van der Waals surface area contributed by atoms with Crippen molar-refractivity contribution in [2.24, 2.45) is 0 Å². The number of imide groups is 1. The molecule has 0 radical (unpaired) electrons. The molecule has 1 atom stereocenters. The Hall–Kier alpha value is -2.99. The van der Waals surface area contributed by atoms with Crippen LogP contribution in [0.3, 0.4) is 0 Å². The molecule has 2 aromatic carbocycles. The Kier molecular flexibility index (Phi) is 4.05. The van der Waals surface area contributed by atoms with Gasteiger partial charge in [0.25, 0.3) is 11.8 Å². The van der Waals surface area contributed by atoms with Gasteiger partial charge in [0.2, 0.25) is 0 Å². The third kappa shape index (κ3) is 2.59. The molecule has 0 N–H and O–H groups in total. The number of thiophene rings is 1. The van der Waals surface area contributed by atoms with Crippen LogP contribution in [-0.4, -0.2) is 28.7 Å². The number of ether oxygens (including phenoxy) is 1. The molecule has 26 heavy (non-hydrogen) atoms. The Morgan fingerprint density at radius 3 is 2.35 bits per heavy atom. The van der Waals surface area contributed by atoms with E-state index in [2.05, 4.69) is 0 Å². The highest BCUT2D eigenvalue weighted by Crippen LogP contribution is 2.27. The highest BCUT2D eigenvalue weighted by atomic mass is 32.1. The molecule has 2 heterocycles. The molecule has 0 aliphatic carbocycles. The van der Waals surface area contributed by atoms with E-state index in [1.807, 2.05) is 29.6 Å². The van der Waals surface area contributed by atoms with Crippen LogP contribution in [0.4, 0.5) is 0 Å². The fourth-order valence-corrected chi connectivity index (χ4v) is 4.03. The van der Waals surface area contributed by atoms with Gasteiger partial charge in [-0.05, 0) is 35.9 Å². The van der Waals surface area contributed by atoms with Crippen molar-refractivity contribution < 1.29 is 19.1 Å². The molecule has 1 aliphatic heterocycles. The molecule has 2 amide bonds. The number of nitrogens with zero attached hydrogens (tertiary/aromatic N) is 1. The van der Waals surface area contributed by atoms with Gasteiger partial charge in [-0.1, -0.05) is 30.3 Å². The van der Waals surface area contributed by atoms with E-state index in [1.54, 1.807) is 35.6 Å². The van der Waals surface area contributed by atoms with Crippen molar-refractivity contribution in [2.75, 3.05) is 0 Å². The third-order valence-electron chi connectivity index (χ3n) is 4.48. The molecule has 3 aromatic rings. The van der Waals surface area contributed by atoms with E-state index < -0.39 is 23.8 Å². The van der Waals surface area contributed by atoms with E-state index in [0.717, 1.165) is 20.5 Å². The quantitative estimate of drug-likeness (QED) is 0.523. The van der Waals surface area contributed by atoms with Crippen LogP contribution in [0.1, 0.15) is 33.2 Å². The maximum absolute atomic E-state index is 12.5. The first-order chi connectivity index (χ1) is 12.6. The zero-order valence-electron chi connectivity index (χ0n) is 14.0. The summed E-state index contributed by atoms with van der Waals surface area (Å²) in [5.74, 6) is -1.53. The smallest absolute Gasteiger partial charge is 0.329 e. The number of carbonyl (C=O) groups excluding carboxylic acids is 3. The maximum Gasteiger partial charge on any atom is 0.329 e. The lowest BCUT2D eigenvalue weighted by Crippen LogP contribution is -2.43. The molecule has 0 saturated carbocycles. The predicted octanol–water partition coefficient (Wildman–Crippen LogP) is 3.63. The minimum Gasteiger partial charge on any atom is -0.459 e. The van der Waals surface area contributed by atoms with Crippen molar-refractivity contribution in [3.8, 4) is 0 Å². The fourth-order valence-electron chi connectivity index (χ4n) is 3.08. The number of amides is 2. The molecule has 6 heteroatoms. The fraction of sp³-hybridized carbons (Fsp3) is 0.150. The van der Waals surface area contributed by atoms with Gasteiger partial charge in [-0.15, -0.1) is 11.3 Å². The van der Waals surface area contributed by atoms with Crippen LogP contribution in [0.15, 0.2) is 53.9 Å². The van der Waals surface area contributed by atoms with Gasteiger partial charge >= 0.3 is 5.97 Å². The number of rotatable bonds is 4. The number of carbonyl (C=O) groups is 3. The number of hydrogen-bond acceptors (Lipinski definition) is 5. The summed E-state index contributed by atoms with van der Waals surface area (Å²) >= 11 is 1.58. The summed E-state index contributed by atoms with van der Waals surface area (Å²) < 4.78 is 6.50. The van der Waals surface area contributed by atoms with Gasteiger partial charge < -0.3 is 4.74 Å². The molecule has 0 bridgehead atoms. The zero-order chi connectivity index (χ0) is 18.3. The number of esters is 1. The minimum absolute atomic E-state index is 0.107. The van der Waals surface area contributed by atoms with Crippen molar-refractivity contribution in [2.45, 2.75) is 19.6 Å². The van der Waals surface area contributed by atoms with Crippen LogP contribution in [0.25, 0.3) is 10.1 Å². The number of fused-ring (bicyclic) bond motifs is 2. The van der Waals surface area contributed by atoms with E-state index in [0.29, 0.717) is 11.1 Å². The lowest BCUT2D eigenvalue weighted by Gasteiger charge is -2.20. The van der Waals surface area contributed by atoms with E-state index in [-0.39, 0.29) is 6.61 Å². The second-order valence-corrected chi connectivity index (χ2v) is 6.98. The summed E-state index contributed by atoms with van der Waals surface area (Å²) in [4.78, 5) is 38.3. The molecule has 130 valence electrons. The molecule has 0 saturated heterocycles. The van der Waals surface area contributed by atoms with Crippen LogP contribution < -0.4 is 0 Å². The van der Waals surface area contributed by atoms with Crippen molar-refractivity contribution in [3.05, 3.63) is 70.6 Å². The molecule has 5 nitrogen and oxygen atoms in total. The molecule has 4 rings (SSSR count). The van der Waals surface area contributed by atoms with Crippen LogP contribution in [0.2, 0.25) is 0 Å². The van der Waals surface area contributed by atoms with E-state index >= 15 is 0 Å². The van der Waals surface area contributed by atoms with Crippen LogP contribution in [0.5, 0.6) is 0 Å². The second-order valence-electron chi connectivity index (χ2n) is 6.07. The minimum atomic E-state index is -0.979. The normalized spacial score (nSPS) is 14.6. The Balaban J connectivity index is 1.49. The van der Waals surface area contributed by atoms with Gasteiger partial charge in [-0.3, -0.25) is 14.5 Å². The first-order valence-electron chi connectivity index (χ1n) is 8.16. The Bertz CT molecular complexity index is 1000. The first kappa shape index (κ1) is 16.5. The van der Waals surface area contributed by atoms with E-state index in [9.17, 15) is 14.4 Å². The highest BCUT2D eigenvalue weighted by molar-refractivity contribution is 7.17. The Morgan fingerprint density at radius 1 is 1.04 bits per heavy atom. The van der Waals surface area contributed by atoms with Gasteiger partial charge in [0.15, 0.2) is 0 Å². The van der Waals surface area contributed by atoms with Gasteiger partial charge in [-0.25, -0.2) is 4.79 Å². The summed E-state index contributed by atoms with van der Waals surface area (Å²) in [6, 6.07) is 13.5. The monoisotopic (exact) mass is 365 g/mol. The SMILES string of the molecule is CC(C(=O)OCc1csc2ccccc12)N1C(=O)c2ccccc2C1=O. The Labute approximate surface area is 153 Å². The topological polar surface area (TPSA) is 63.7 Å². The number of hydrogen-bond donors (Lipinski definition) is 0. The van der Waals surface area contributed by atoms with E-state index in [1.165, 1.54) is 6.92 Å². The Morgan fingerprint density at radius 2 is 1.65 bits per heavy atom. The molecule has 1 aliphatic rings. The zero-order valence-corrected chi connectivity index (χ0v) is 14.8. The average Bonchev–Trinajstić information content (AvgIpc) is 3.19. The van der Waals surface area contributed by atoms with Gasteiger partial charge in [0, 0.05) is 10.3 Å². The molecule has 1 aromatic heterocycles. The third-order valence-corrected chi connectivity index (χ3v) is 5.50. The summed E-state index contributed by atoms with van der Waals surface area (Å²) in [5, 5.41) is 2.99. The molecule has 0 fully saturated rings. The summed E-state index contributed by atoms with van der Waals surface area (Å²) in [7, 11) is 0. The van der Waals surface area contributed by atoms with Crippen molar-refractivity contribution in [1.29, 1.82) is 0 Å². The molecular weight excluding hydrogens is 350 g/mol. The largest absolute Gasteiger partial charge is 0.459 e. The van der Waals surface area contributed by atoms with Crippen LogP contribution >= 0.6 is 11.3 Å². The first-order valence-corrected chi connectivity index (χ1v) is 9.04. The maximum atomic E-state index is 12.5. The van der Waals surface area contributed by atoms with Gasteiger partial charge in [0.05, 0.1) is 11.1 Å². The summed E-state index contributed by atoms with van der Waals surface area (Å²) in [6.45, 7) is 1.62. The lowest BCUT2D eigenvalue weighted by atomic mass is 10.1. The standard InChI is InChI=1S/C20H15NO4S/c1-12(21-18(22)15-7-2-3-8-16(15)19(21)23)20(24)25-10-13-11-26-17-9-5-4-6-14(13)17/h2-9,11-12H,10H2,1H3. The second kappa shape index (κ2) is 6.38. The molecule has 0 spiro atoms. The van der Waals surface area contributed by atoms with Crippen LogP contribution in [0, 0.1) is 0 Å². The van der Waals surface area contributed by atoms with E-state index in [4.69, 9.17) is 4.74 Å². The summed E-state index contributed by atoms with van der Waals surface area (Å²) in [5.41, 5.74) is 1.55. The highest BCUT2D eigenvalue weighted by Gasteiger charge is 2.41. The predicted molar refractivity (Wildman–Crippen MR) is 98.0 cm³/mol. The average molecular weight is 365 g/mol. The molecular formula is C20H15NO4S. The van der Waals surface area contributed by atoms with Crippen molar-refractivity contribution in [1.82, 2.24) is 4.90 Å². The van der Waals surface area contributed by atoms with Crippen LogP contribution in [-0.2, 0) is 16.1 Å². The van der Waals surface area contributed by atoms with Gasteiger partial charge in [-0.2, -0.15) is 0 Å². The summed E-state index contributed by atoms with van der Waals surface area (Å²) in [6.07, 6.45) is 0. The number of benzene rings is 2. The van der Waals surface area contributed by atoms with Crippen molar-refractivity contribution in [3.63, 3.8) is 0 Å². The van der Waals surface area contributed by atoms with Crippen molar-refractivity contribution >= 4 is 39.2 Å². The van der Waals surface area contributed by atoms with Gasteiger partial charge in [0.1, 0.15) is 12.6 Å².